The topological polar surface area (TPSA) is 31.4 Å². The van der Waals surface area contributed by atoms with Gasteiger partial charge in [-0.05, 0) is 45.8 Å². The molecular formula is C14H11Br2NO2. The number of aromatic nitrogens is 1. The number of pyridine rings is 1. The van der Waals surface area contributed by atoms with Gasteiger partial charge in [0.1, 0.15) is 22.7 Å². The summed E-state index contributed by atoms with van der Waals surface area (Å²) in [5, 5.41) is 0. The van der Waals surface area contributed by atoms with E-state index in [1.165, 1.54) is 5.56 Å². The van der Waals surface area contributed by atoms with E-state index in [9.17, 15) is 0 Å². The maximum Gasteiger partial charge on any atom is 0.138 e. The predicted octanol–water partition coefficient (Wildman–Crippen LogP) is 4.12. The summed E-state index contributed by atoms with van der Waals surface area (Å²) in [6, 6.07) is 7.89. The van der Waals surface area contributed by atoms with Gasteiger partial charge < -0.3 is 9.47 Å². The van der Waals surface area contributed by atoms with Crippen molar-refractivity contribution in [2.45, 2.75) is 13.0 Å². The van der Waals surface area contributed by atoms with Gasteiger partial charge in [-0.3, -0.25) is 0 Å². The van der Waals surface area contributed by atoms with Gasteiger partial charge in [-0.15, -0.1) is 0 Å². The molecule has 0 fully saturated rings. The van der Waals surface area contributed by atoms with Gasteiger partial charge in [0.05, 0.1) is 12.8 Å². The molecule has 0 spiro atoms. The summed E-state index contributed by atoms with van der Waals surface area (Å²) in [6.45, 7) is 1.23. The Hall–Kier alpha value is -1.07. The molecule has 0 bridgehead atoms. The van der Waals surface area contributed by atoms with E-state index in [1.807, 2.05) is 18.2 Å². The van der Waals surface area contributed by atoms with Gasteiger partial charge in [0.2, 0.25) is 0 Å². The van der Waals surface area contributed by atoms with Gasteiger partial charge in [-0.2, -0.15) is 0 Å². The zero-order valence-electron chi connectivity index (χ0n) is 10.0. The Bertz CT molecular complexity index is 599. The van der Waals surface area contributed by atoms with E-state index in [-0.39, 0.29) is 0 Å². The van der Waals surface area contributed by atoms with Crippen LogP contribution in [0.3, 0.4) is 0 Å². The van der Waals surface area contributed by atoms with Crippen LogP contribution in [0.5, 0.6) is 11.5 Å². The lowest BCUT2D eigenvalue weighted by atomic mass is 10.1. The minimum absolute atomic E-state index is 0.477. The number of hydrogen-bond acceptors (Lipinski definition) is 3. The fourth-order valence-electron chi connectivity index (χ4n) is 2.06. The number of halogens is 2. The number of benzene rings is 1. The Morgan fingerprint density at radius 2 is 2.16 bits per heavy atom. The molecule has 3 rings (SSSR count). The molecule has 3 nitrogen and oxygen atoms in total. The first-order valence-corrected chi connectivity index (χ1v) is 7.49. The number of ether oxygens (including phenoxy) is 2. The Morgan fingerprint density at radius 1 is 1.26 bits per heavy atom. The van der Waals surface area contributed by atoms with Crippen LogP contribution >= 0.6 is 31.9 Å². The average Bonchev–Trinajstić information content (AvgIpc) is 2.85. The van der Waals surface area contributed by atoms with Crippen molar-refractivity contribution in [3.63, 3.8) is 0 Å². The molecule has 0 saturated carbocycles. The first-order chi connectivity index (χ1) is 9.22. The Labute approximate surface area is 128 Å². The summed E-state index contributed by atoms with van der Waals surface area (Å²) in [5.74, 6) is 1.71. The van der Waals surface area contributed by atoms with Crippen LogP contribution in [0.1, 0.15) is 11.1 Å². The van der Waals surface area contributed by atoms with Crippen LogP contribution in [-0.2, 0) is 13.0 Å². The van der Waals surface area contributed by atoms with Gasteiger partial charge in [-0.25, -0.2) is 4.98 Å². The summed E-state index contributed by atoms with van der Waals surface area (Å²) in [4.78, 5) is 4.13. The van der Waals surface area contributed by atoms with Crippen LogP contribution in [0, 0.1) is 0 Å². The lowest BCUT2D eigenvalue weighted by Gasteiger charge is -2.10. The highest BCUT2D eigenvalue weighted by atomic mass is 79.9. The molecule has 0 N–H and O–H groups in total. The van der Waals surface area contributed by atoms with Crippen molar-refractivity contribution in [2.75, 3.05) is 6.61 Å². The highest BCUT2D eigenvalue weighted by Gasteiger charge is 2.17. The van der Waals surface area contributed by atoms with Gasteiger partial charge in [0.25, 0.3) is 0 Å². The molecular weight excluding hydrogens is 374 g/mol. The monoisotopic (exact) mass is 383 g/mol. The molecule has 1 aliphatic heterocycles. The van der Waals surface area contributed by atoms with Crippen LogP contribution in [0.25, 0.3) is 0 Å². The van der Waals surface area contributed by atoms with Crippen molar-refractivity contribution in [1.82, 2.24) is 4.98 Å². The van der Waals surface area contributed by atoms with E-state index in [2.05, 4.69) is 42.9 Å². The van der Waals surface area contributed by atoms with Crippen LogP contribution < -0.4 is 9.47 Å². The molecule has 0 aliphatic carbocycles. The van der Waals surface area contributed by atoms with Crippen molar-refractivity contribution in [1.29, 1.82) is 0 Å². The Morgan fingerprint density at radius 3 is 2.95 bits per heavy atom. The van der Waals surface area contributed by atoms with Crippen LogP contribution in [-0.4, -0.2) is 11.6 Å². The summed E-state index contributed by atoms with van der Waals surface area (Å²) < 4.78 is 13.3. The molecule has 0 saturated heterocycles. The molecule has 1 aromatic heterocycles. The number of rotatable bonds is 3. The second-order valence-electron chi connectivity index (χ2n) is 4.26. The first-order valence-electron chi connectivity index (χ1n) is 5.91. The molecule has 5 heteroatoms. The molecule has 0 atom stereocenters. The molecule has 2 aromatic rings. The molecule has 19 heavy (non-hydrogen) atoms. The van der Waals surface area contributed by atoms with Gasteiger partial charge >= 0.3 is 0 Å². The van der Waals surface area contributed by atoms with E-state index in [4.69, 9.17) is 9.47 Å². The van der Waals surface area contributed by atoms with Crippen molar-refractivity contribution < 1.29 is 9.47 Å². The second kappa shape index (κ2) is 5.51. The third kappa shape index (κ3) is 2.92. The fourth-order valence-corrected chi connectivity index (χ4v) is 2.85. The van der Waals surface area contributed by atoms with Gasteiger partial charge in [-0.1, -0.05) is 15.9 Å². The molecule has 2 heterocycles. The summed E-state index contributed by atoms with van der Waals surface area (Å²) in [6.07, 6.45) is 2.66. The lowest BCUT2D eigenvalue weighted by molar-refractivity contribution is 0.291. The third-order valence-electron chi connectivity index (χ3n) is 2.92. The lowest BCUT2D eigenvalue weighted by Crippen LogP contribution is -1.99. The van der Waals surface area contributed by atoms with E-state index in [0.717, 1.165) is 39.2 Å². The predicted molar refractivity (Wildman–Crippen MR) is 79.6 cm³/mol. The molecule has 0 unspecified atom stereocenters. The Balaban J connectivity index is 1.78. The molecule has 0 amide bonds. The minimum Gasteiger partial charge on any atom is -0.493 e. The molecule has 1 aliphatic rings. The van der Waals surface area contributed by atoms with Crippen LogP contribution in [0.2, 0.25) is 0 Å². The normalized spacial score (nSPS) is 12.9. The highest BCUT2D eigenvalue weighted by Crippen LogP contribution is 2.33. The molecule has 98 valence electrons. The number of nitrogens with zero attached hydrogens (tertiary/aromatic N) is 1. The standard InChI is InChI=1S/C14H11Br2NO2/c15-11-5-9-3-4-18-14(9)10(6-11)8-19-12-1-2-13(16)17-7-12/h1-2,5-7H,3-4,8H2. The van der Waals surface area contributed by atoms with Gasteiger partial charge in [0.15, 0.2) is 0 Å². The van der Waals surface area contributed by atoms with E-state index in [1.54, 1.807) is 6.20 Å². The second-order valence-corrected chi connectivity index (χ2v) is 5.99. The zero-order chi connectivity index (χ0) is 13.2. The fraction of sp³-hybridized carbons (Fsp3) is 0.214. The van der Waals surface area contributed by atoms with Crippen molar-refractivity contribution in [3.05, 3.63) is 50.7 Å². The number of fused-ring (bicyclic) bond motifs is 1. The van der Waals surface area contributed by atoms with Crippen molar-refractivity contribution in [2.24, 2.45) is 0 Å². The largest absolute Gasteiger partial charge is 0.493 e. The Kier molecular flexibility index (Phi) is 3.75. The van der Waals surface area contributed by atoms with Crippen LogP contribution in [0.15, 0.2) is 39.5 Å². The summed E-state index contributed by atoms with van der Waals surface area (Å²) >= 11 is 6.82. The van der Waals surface area contributed by atoms with Gasteiger partial charge in [0, 0.05) is 16.5 Å². The quantitative estimate of drug-likeness (QED) is 0.746. The van der Waals surface area contributed by atoms with Crippen molar-refractivity contribution in [3.8, 4) is 11.5 Å². The average molecular weight is 385 g/mol. The third-order valence-corrected chi connectivity index (χ3v) is 3.85. The summed E-state index contributed by atoms with van der Waals surface area (Å²) in [5.41, 5.74) is 2.30. The zero-order valence-corrected chi connectivity index (χ0v) is 13.2. The first kappa shape index (κ1) is 12.9. The van der Waals surface area contributed by atoms with E-state index >= 15 is 0 Å². The molecule has 0 radical (unpaired) electrons. The van der Waals surface area contributed by atoms with E-state index < -0.39 is 0 Å². The molecule has 1 aromatic carbocycles. The summed E-state index contributed by atoms with van der Waals surface area (Å²) in [7, 11) is 0. The highest BCUT2D eigenvalue weighted by molar-refractivity contribution is 9.10. The van der Waals surface area contributed by atoms with Crippen molar-refractivity contribution >= 4 is 31.9 Å². The SMILES string of the molecule is Brc1cc2c(c(COc3ccc(Br)nc3)c1)OCC2. The number of hydrogen-bond donors (Lipinski definition) is 0. The smallest absolute Gasteiger partial charge is 0.138 e. The minimum atomic E-state index is 0.477. The maximum absolute atomic E-state index is 5.74. The van der Waals surface area contributed by atoms with Crippen LogP contribution in [0.4, 0.5) is 0 Å². The van der Waals surface area contributed by atoms with E-state index in [0.29, 0.717) is 6.61 Å². The maximum atomic E-state index is 5.74.